The highest BCUT2D eigenvalue weighted by molar-refractivity contribution is 5.41. The minimum Gasteiger partial charge on any atom is -0.487 e. The van der Waals surface area contributed by atoms with Gasteiger partial charge in [0.2, 0.25) is 0 Å². The van der Waals surface area contributed by atoms with Crippen LogP contribution in [0.5, 0.6) is 5.75 Å². The van der Waals surface area contributed by atoms with E-state index in [1.807, 2.05) is 0 Å². The Morgan fingerprint density at radius 1 is 1.26 bits per heavy atom. The van der Waals surface area contributed by atoms with Gasteiger partial charge >= 0.3 is 0 Å². The van der Waals surface area contributed by atoms with E-state index in [9.17, 15) is 0 Å². The largest absolute Gasteiger partial charge is 0.487 e. The monoisotopic (exact) mass is 261 g/mol. The summed E-state index contributed by atoms with van der Waals surface area (Å²) in [7, 11) is 0. The number of ether oxygens (including phenoxy) is 1. The summed E-state index contributed by atoms with van der Waals surface area (Å²) in [5, 5.41) is 3.60. The first-order chi connectivity index (χ1) is 8.85. The summed E-state index contributed by atoms with van der Waals surface area (Å²) >= 11 is 0. The fraction of sp³-hybridized carbons (Fsp3) is 0.647. The quantitative estimate of drug-likeness (QED) is 0.867. The molecule has 2 nitrogen and oxygen atoms in total. The normalized spacial score (nSPS) is 18.2. The van der Waals surface area contributed by atoms with E-state index >= 15 is 0 Å². The summed E-state index contributed by atoms with van der Waals surface area (Å²) in [4.78, 5) is 0. The molecule has 1 aliphatic heterocycles. The van der Waals surface area contributed by atoms with Crippen LogP contribution in [0, 0.1) is 5.92 Å². The molecular weight excluding hydrogens is 234 g/mol. The number of rotatable bonds is 5. The van der Waals surface area contributed by atoms with Crippen molar-refractivity contribution in [3.05, 3.63) is 29.3 Å². The Morgan fingerprint density at radius 2 is 2.00 bits per heavy atom. The van der Waals surface area contributed by atoms with Crippen LogP contribution in [0.3, 0.4) is 0 Å². The Morgan fingerprint density at radius 3 is 2.68 bits per heavy atom. The average molecular weight is 261 g/mol. The maximum absolute atomic E-state index is 5.91. The molecule has 0 fully saturated rings. The van der Waals surface area contributed by atoms with Gasteiger partial charge in [-0.3, -0.25) is 0 Å². The van der Waals surface area contributed by atoms with Gasteiger partial charge in [0.15, 0.2) is 0 Å². The van der Waals surface area contributed by atoms with Crippen molar-refractivity contribution in [1.82, 2.24) is 5.32 Å². The molecule has 106 valence electrons. The molecule has 1 aliphatic rings. The van der Waals surface area contributed by atoms with E-state index in [-0.39, 0.29) is 5.60 Å². The van der Waals surface area contributed by atoms with E-state index in [0.717, 1.165) is 24.6 Å². The van der Waals surface area contributed by atoms with Crippen LogP contribution in [-0.2, 0) is 13.0 Å². The van der Waals surface area contributed by atoms with Crippen molar-refractivity contribution in [2.24, 2.45) is 5.92 Å². The van der Waals surface area contributed by atoms with Gasteiger partial charge in [0.05, 0.1) is 0 Å². The third kappa shape index (κ3) is 3.97. The molecule has 1 atom stereocenters. The van der Waals surface area contributed by atoms with Crippen molar-refractivity contribution in [2.75, 3.05) is 0 Å². The summed E-state index contributed by atoms with van der Waals surface area (Å²) in [6.07, 6.45) is 2.23. The van der Waals surface area contributed by atoms with E-state index in [0.29, 0.717) is 6.04 Å². The molecule has 1 unspecified atom stereocenters. The Kier molecular flexibility index (Phi) is 4.19. The molecule has 0 amide bonds. The van der Waals surface area contributed by atoms with Crippen molar-refractivity contribution < 1.29 is 4.74 Å². The fourth-order valence-electron chi connectivity index (χ4n) is 2.86. The molecule has 0 spiro atoms. The molecule has 0 aliphatic carbocycles. The topological polar surface area (TPSA) is 21.3 Å². The lowest BCUT2D eigenvalue weighted by atomic mass is 10.00. The fourth-order valence-corrected chi connectivity index (χ4v) is 2.86. The van der Waals surface area contributed by atoms with Gasteiger partial charge in [-0.2, -0.15) is 0 Å². The highest BCUT2D eigenvalue weighted by atomic mass is 16.5. The molecule has 1 heterocycles. The molecule has 0 aromatic heterocycles. The lowest BCUT2D eigenvalue weighted by molar-refractivity contribution is 0.138. The molecule has 0 bridgehead atoms. The number of hydrogen-bond acceptors (Lipinski definition) is 2. The van der Waals surface area contributed by atoms with Crippen molar-refractivity contribution in [1.29, 1.82) is 0 Å². The molecule has 19 heavy (non-hydrogen) atoms. The molecule has 1 aromatic carbocycles. The molecular formula is C17H27NO. The van der Waals surface area contributed by atoms with Gasteiger partial charge in [-0.25, -0.2) is 0 Å². The smallest absolute Gasteiger partial charge is 0.123 e. The number of hydrogen-bond donors (Lipinski definition) is 1. The number of nitrogens with one attached hydrogen (secondary N) is 1. The van der Waals surface area contributed by atoms with E-state index in [1.165, 1.54) is 17.5 Å². The van der Waals surface area contributed by atoms with Gasteiger partial charge in [0.25, 0.3) is 0 Å². The van der Waals surface area contributed by atoms with Crippen LogP contribution >= 0.6 is 0 Å². The summed E-state index contributed by atoms with van der Waals surface area (Å²) in [6.45, 7) is 12.0. The molecule has 1 aromatic rings. The Hall–Kier alpha value is -1.02. The predicted octanol–water partition coefficient (Wildman–Crippen LogP) is 3.92. The van der Waals surface area contributed by atoms with Crippen LogP contribution in [0.15, 0.2) is 18.2 Å². The maximum Gasteiger partial charge on any atom is 0.123 e. The van der Waals surface area contributed by atoms with Gasteiger partial charge in [-0.05, 0) is 50.3 Å². The molecule has 0 radical (unpaired) electrons. The highest BCUT2D eigenvalue weighted by Gasteiger charge is 2.29. The predicted molar refractivity (Wildman–Crippen MR) is 80.6 cm³/mol. The van der Waals surface area contributed by atoms with Gasteiger partial charge in [-0.15, -0.1) is 0 Å². The summed E-state index contributed by atoms with van der Waals surface area (Å²) < 4.78 is 5.91. The summed E-state index contributed by atoms with van der Waals surface area (Å²) in [6, 6.07) is 7.16. The second-order valence-electron chi connectivity index (χ2n) is 6.89. The van der Waals surface area contributed by atoms with Gasteiger partial charge in [0.1, 0.15) is 11.4 Å². The first-order valence-electron chi connectivity index (χ1n) is 7.40. The molecule has 2 heteroatoms. The molecule has 2 rings (SSSR count). The van der Waals surface area contributed by atoms with Crippen LogP contribution < -0.4 is 10.1 Å². The number of fused-ring (bicyclic) bond motifs is 1. The van der Waals surface area contributed by atoms with Gasteiger partial charge in [0, 0.05) is 19.0 Å². The van der Waals surface area contributed by atoms with Gasteiger partial charge < -0.3 is 10.1 Å². The Labute approximate surface area is 117 Å². The van der Waals surface area contributed by atoms with Gasteiger partial charge in [-0.1, -0.05) is 26.0 Å². The highest BCUT2D eigenvalue weighted by Crippen LogP contribution is 2.35. The molecule has 0 saturated heterocycles. The first-order valence-corrected chi connectivity index (χ1v) is 7.40. The van der Waals surface area contributed by atoms with E-state index in [2.05, 4.69) is 58.1 Å². The third-order valence-electron chi connectivity index (χ3n) is 3.61. The van der Waals surface area contributed by atoms with Crippen molar-refractivity contribution >= 4 is 0 Å². The minimum absolute atomic E-state index is 0.0423. The lowest BCUT2D eigenvalue weighted by Gasteiger charge is -2.16. The Balaban J connectivity index is 1.93. The van der Waals surface area contributed by atoms with Crippen LogP contribution in [-0.4, -0.2) is 11.6 Å². The molecule has 0 saturated carbocycles. The maximum atomic E-state index is 5.91. The second-order valence-corrected chi connectivity index (χ2v) is 6.89. The van der Waals surface area contributed by atoms with E-state index in [1.54, 1.807) is 0 Å². The zero-order chi connectivity index (χ0) is 14.0. The van der Waals surface area contributed by atoms with Crippen LogP contribution in [0.4, 0.5) is 0 Å². The third-order valence-corrected chi connectivity index (χ3v) is 3.61. The van der Waals surface area contributed by atoms with Crippen LogP contribution in [0.25, 0.3) is 0 Å². The van der Waals surface area contributed by atoms with Crippen molar-refractivity contribution in [3.63, 3.8) is 0 Å². The van der Waals surface area contributed by atoms with Crippen LogP contribution in [0.1, 0.15) is 52.2 Å². The standard InChI is InChI=1S/C17H27NO/c1-12(2)8-13(3)18-11-14-6-7-16-15(9-14)10-17(4,5)19-16/h6-7,9,12-13,18H,8,10-11H2,1-5H3. The Bertz CT molecular complexity index is 437. The number of benzene rings is 1. The summed E-state index contributed by atoms with van der Waals surface area (Å²) in [5.41, 5.74) is 2.66. The summed E-state index contributed by atoms with van der Waals surface area (Å²) in [5.74, 6) is 1.81. The molecule has 1 N–H and O–H groups in total. The lowest BCUT2D eigenvalue weighted by Crippen LogP contribution is -2.26. The van der Waals surface area contributed by atoms with E-state index < -0.39 is 0 Å². The zero-order valence-electron chi connectivity index (χ0n) is 12.9. The van der Waals surface area contributed by atoms with Crippen molar-refractivity contribution in [3.8, 4) is 5.75 Å². The average Bonchev–Trinajstić information content (AvgIpc) is 2.58. The van der Waals surface area contributed by atoms with Crippen LogP contribution in [0.2, 0.25) is 0 Å². The van der Waals surface area contributed by atoms with Crippen molar-refractivity contribution in [2.45, 2.75) is 65.6 Å². The SMILES string of the molecule is CC(C)CC(C)NCc1ccc2c(c1)CC(C)(C)O2. The second kappa shape index (κ2) is 5.54. The minimum atomic E-state index is -0.0423. The first kappa shape index (κ1) is 14.4. The van der Waals surface area contributed by atoms with E-state index in [4.69, 9.17) is 4.74 Å². The zero-order valence-corrected chi connectivity index (χ0v) is 12.9.